The van der Waals surface area contributed by atoms with Crippen molar-refractivity contribution in [3.05, 3.63) is 18.0 Å². The van der Waals surface area contributed by atoms with Gasteiger partial charge in [0, 0.05) is 18.8 Å². The molecule has 1 aromatic rings. The molecule has 1 aromatic heterocycles. The van der Waals surface area contributed by atoms with Gasteiger partial charge in [0.25, 0.3) is 0 Å². The van der Waals surface area contributed by atoms with Gasteiger partial charge in [-0.1, -0.05) is 20.8 Å². The van der Waals surface area contributed by atoms with E-state index in [1.807, 2.05) is 4.68 Å². The van der Waals surface area contributed by atoms with Crippen molar-refractivity contribution in [2.75, 3.05) is 6.54 Å². The van der Waals surface area contributed by atoms with Gasteiger partial charge in [-0.05, 0) is 31.9 Å². The molecule has 0 aromatic carbocycles. The Kier molecular flexibility index (Phi) is 4.82. The molecule has 0 fully saturated rings. The number of nitrogens with one attached hydrogen (secondary N) is 1. The van der Waals surface area contributed by atoms with Crippen molar-refractivity contribution in [1.82, 2.24) is 15.1 Å². The van der Waals surface area contributed by atoms with Crippen molar-refractivity contribution in [2.24, 2.45) is 5.92 Å². The minimum Gasteiger partial charge on any atom is -0.311 e. The van der Waals surface area contributed by atoms with E-state index >= 15 is 0 Å². The highest BCUT2D eigenvalue weighted by Crippen LogP contribution is 2.08. The van der Waals surface area contributed by atoms with E-state index < -0.39 is 0 Å². The number of hydrogen-bond acceptors (Lipinski definition) is 2. The minimum atomic E-state index is 0.504. The lowest BCUT2D eigenvalue weighted by Crippen LogP contribution is -2.19. The molecule has 0 amide bonds. The van der Waals surface area contributed by atoms with E-state index in [0.717, 1.165) is 25.2 Å². The first-order chi connectivity index (χ1) is 7.13. The average molecular weight is 209 g/mol. The molecule has 0 aliphatic heterocycles. The molecule has 0 bridgehead atoms. The summed E-state index contributed by atoms with van der Waals surface area (Å²) in [5.41, 5.74) is 1.14. The molecule has 0 saturated carbocycles. The zero-order chi connectivity index (χ0) is 11.3. The van der Waals surface area contributed by atoms with Crippen molar-refractivity contribution in [2.45, 2.75) is 46.7 Å². The summed E-state index contributed by atoms with van der Waals surface area (Å²) in [4.78, 5) is 0. The summed E-state index contributed by atoms with van der Waals surface area (Å²) in [6, 6.07) is 2.60. The molecule has 3 nitrogen and oxygen atoms in total. The van der Waals surface area contributed by atoms with Crippen LogP contribution < -0.4 is 5.32 Å². The van der Waals surface area contributed by atoms with Gasteiger partial charge in [-0.15, -0.1) is 0 Å². The summed E-state index contributed by atoms with van der Waals surface area (Å²) < 4.78 is 2.05. The first-order valence-electron chi connectivity index (χ1n) is 5.88. The summed E-state index contributed by atoms with van der Waals surface area (Å²) in [6.45, 7) is 10.7. The van der Waals surface area contributed by atoms with Gasteiger partial charge in [0.1, 0.15) is 0 Å². The van der Waals surface area contributed by atoms with Crippen molar-refractivity contribution >= 4 is 0 Å². The SMILES string of the molecule is CCC(C)n1ccc(CNCC(C)C)n1. The summed E-state index contributed by atoms with van der Waals surface area (Å²) >= 11 is 0. The van der Waals surface area contributed by atoms with Gasteiger partial charge in [-0.2, -0.15) is 5.10 Å². The van der Waals surface area contributed by atoms with E-state index in [4.69, 9.17) is 0 Å². The van der Waals surface area contributed by atoms with Crippen LogP contribution in [0.25, 0.3) is 0 Å². The van der Waals surface area contributed by atoms with E-state index in [2.05, 4.69) is 50.4 Å². The number of rotatable bonds is 6. The molecule has 0 aliphatic carbocycles. The predicted molar refractivity (Wildman–Crippen MR) is 63.8 cm³/mol. The quantitative estimate of drug-likeness (QED) is 0.780. The van der Waals surface area contributed by atoms with Crippen LogP contribution in [0.2, 0.25) is 0 Å². The predicted octanol–water partition coefficient (Wildman–Crippen LogP) is 2.60. The lowest BCUT2D eigenvalue weighted by Gasteiger charge is -2.08. The molecule has 0 spiro atoms. The first kappa shape index (κ1) is 12.2. The molecule has 1 N–H and O–H groups in total. The van der Waals surface area contributed by atoms with E-state index in [-0.39, 0.29) is 0 Å². The second-order valence-corrected chi connectivity index (χ2v) is 4.57. The van der Waals surface area contributed by atoms with Crippen LogP contribution in [-0.4, -0.2) is 16.3 Å². The molecule has 0 aliphatic rings. The van der Waals surface area contributed by atoms with E-state index in [1.165, 1.54) is 0 Å². The van der Waals surface area contributed by atoms with Crippen LogP contribution in [0.3, 0.4) is 0 Å². The fourth-order valence-electron chi connectivity index (χ4n) is 1.39. The molecule has 1 heterocycles. The molecule has 86 valence electrons. The van der Waals surface area contributed by atoms with Gasteiger partial charge in [-0.25, -0.2) is 0 Å². The highest BCUT2D eigenvalue weighted by Gasteiger charge is 2.04. The third-order valence-corrected chi connectivity index (χ3v) is 2.56. The van der Waals surface area contributed by atoms with Gasteiger partial charge in [0.15, 0.2) is 0 Å². The monoisotopic (exact) mass is 209 g/mol. The maximum absolute atomic E-state index is 4.53. The maximum Gasteiger partial charge on any atom is 0.0762 e. The average Bonchev–Trinajstić information content (AvgIpc) is 2.65. The minimum absolute atomic E-state index is 0.504. The van der Waals surface area contributed by atoms with Crippen molar-refractivity contribution in [3.8, 4) is 0 Å². The van der Waals surface area contributed by atoms with Crippen LogP contribution >= 0.6 is 0 Å². The van der Waals surface area contributed by atoms with E-state index in [1.54, 1.807) is 0 Å². The second kappa shape index (κ2) is 5.91. The fourth-order valence-corrected chi connectivity index (χ4v) is 1.39. The Balaban J connectivity index is 2.39. The molecule has 1 atom stereocenters. The van der Waals surface area contributed by atoms with Crippen LogP contribution in [-0.2, 0) is 6.54 Å². The molecule has 15 heavy (non-hydrogen) atoms. The number of nitrogens with zero attached hydrogens (tertiary/aromatic N) is 2. The van der Waals surface area contributed by atoms with Crippen molar-refractivity contribution in [1.29, 1.82) is 0 Å². The van der Waals surface area contributed by atoms with Crippen LogP contribution in [0.15, 0.2) is 12.3 Å². The number of hydrogen-bond donors (Lipinski definition) is 1. The molecular formula is C12H23N3. The van der Waals surface area contributed by atoms with Crippen LogP contribution in [0, 0.1) is 5.92 Å². The summed E-state index contributed by atoms with van der Waals surface area (Å²) in [5.74, 6) is 0.696. The topological polar surface area (TPSA) is 29.9 Å². The third kappa shape index (κ3) is 4.04. The lowest BCUT2D eigenvalue weighted by atomic mass is 10.2. The molecular weight excluding hydrogens is 186 g/mol. The molecule has 0 radical (unpaired) electrons. The van der Waals surface area contributed by atoms with Crippen LogP contribution in [0.5, 0.6) is 0 Å². The van der Waals surface area contributed by atoms with Crippen molar-refractivity contribution in [3.63, 3.8) is 0 Å². The van der Waals surface area contributed by atoms with Crippen LogP contribution in [0.1, 0.15) is 45.9 Å². The largest absolute Gasteiger partial charge is 0.311 e. The van der Waals surface area contributed by atoms with Gasteiger partial charge < -0.3 is 5.32 Å². The maximum atomic E-state index is 4.53. The Bertz CT molecular complexity index is 278. The summed E-state index contributed by atoms with van der Waals surface area (Å²) in [5, 5.41) is 7.93. The number of aromatic nitrogens is 2. The zero-order valence-electron chi connectivity index (χ0n) is 10.3. The molecule has 3 heteroatoms. The molecule has 1 unspecified atom stereocenters. The standard InChI is InChI=1S/C12H23N3/c1-5-11(4)15-7-6-12(14-15)9-13-8-10(2)3/h6-7,10-11,13H,5,8-9H2,1-4H3. The van der Waals surface area contributed by atoms with Gasteiger partial charge in [0.2, 0.25) is 0 Å². The summed E-state index contributed by atoms with van der Waals surface area (Å²) in [7, 11) is 0. The molecule has 0 saturated heterocycles. The molecule has 1 rings (SSSR count). The van der Waals surface area contributed by atoms with E-state index in [0.29, 0.717) is 12.0 Å². The Morgan fingerprint density at radius 2 is 2.13 bits per heavy atom. The summed E-state index contributed by atoms with van der Waals surface area (Å²) in [6.07, 6.45) is 3.20. The highest BCUT2D eigenvalue weighted by molar-refractivity contribution is 4.99. The van der Waals surface area contributed by atoms with Crippen molar-refractivity contribution < 1.29 is 0 Å². The fraction of sp³-hybridized carbons (Fsp3) is 0.750. The second-order valence-electron chi connectivity index (χ2n) is 4.57. The van der Waals surface area contributed by atoms with Gasteiger partial charge >= 0.3 is 0 Å². The van der Waals surface area contributed by atoms with Crippen LogP contribution in [0.4, 0.5) is 0 Å². The van der Waals surface area contributed by atoms with Gasteiger partial charge in [-0.3, -0.25) is 4.68 Å². The normalized spacial score (nSPS) is 13.4. The zero-order valence-corrected chi connectivity index (χ0v) is 10.3. The smallest absolute Gasteiger partial charge is 0.0762 e. The lowest BCUT2D eigenvalue weighted by molar-refractivity contribution is 0.469. The Morgan fingerprint density at radius 3 is 2.73 bits per heavy atom. The van der Waals surface area contributed by atoms with E-state index in [9.17, 15) is 0 Å². The van der Waals surface area contributed by atoms with Gasteiger partial charge in [0.05, 0.1) is 5.69 Å². The Morgan fingerprint density at radius 1 is 1.40 bits per heavy atom. The first-order valence-corrected chi connectivity index (χ1v) is 5.88. The Hall–Kier alpha value is -0.830. The Labute approximate surface area is 92.9 Å². The highest BCUT2D eigenvalue weighted by atomic mass is 15.3. The third-order valence-electron chi connectivity index (χ3n) is 2.56.